The molecule has 1 aliphatic rings. The summed E-state index contributed by atoms with van der Waals surface area (Å²) in [6, 6.07) is 7.66. The van der Waals surface area contributed by atoms with E-state index in [1.165, 1.54) is 6.42 Å². The van der Waals surface area contributed by atoms with Crippen LogP contribution in [0.5, 0.6) is 0 Å². The molecule has 0 unspecified atom stereocenters. The first-order valence-corrected chi connectivity index (χ1v) is 7.88. The number of benzene rings is 1. The molecular weight excluding hydrogens is 318 g/mol. The Morgan fingerprint density at radius 1 is 1.30 bits per heavy atom. The number of amides is 2. The van der Waals surface area contributed by atoms with E-state index in [-0.39, 0.29) is 6.03 Å². The molecule has 2 rings (SSSR count). The molecule has 0 bridgehead atoms. The molecule has 0 saturated heterocycles. The molecule has 0 aliphatic carbocycles. The van der Waals surface area contributed by atoms with Gasteiger partial charge in [-0.05, 0) is 44.0 Å². The van der Waals surface area contributed by atoms with E-state index >= 15 is 0 Å². The second kappa shape index (κ2) is 7.43. The quantitative estimate of drug-likeness (QED) is 0.872. The second-order valence-corrected chi connectivity index (χ2v) is 5.67. The van der Waals surface area contributed by atoms with Gasteiger partial charge >= 0.3 is 6.03 Å². The first-order valence-electron chi connectivity index (χ1n) is 7.09. The minimum Gasteiger partial charge on any atom is -0.338 e. The van der Waals surface area contributed by atoms with Crippen molar-refractivity contribution in [1.82, 2.24) is 5.32 Å². The molecule has 20 heavy (non-hydrogen) atoms. The van der Waals surface area contributed by atoms with Gasteiger partial charge in [-0.25, -0.2) is 4.79 Å². The summed E-state index contributed by atoms with van der Waals surface area (Å²) >= 11 is 3.42. The molecule has 108 valence electrons. The van der Waals surface area contributed by atoms with E-state index in [1.54, 1.807) is 4.90 Å². The van der Waals surface area contributed by atoms with E-state index in [0.29, 0.717) is 6.54 Å². The molecule has 4 nitrogen and oxygen atoms in total. The van der Waals surface area contributed by atoms with Gasteiger partial charge in [-0.3, -0.25) is 9.89 Å². The van der Waals surface area contributed by atoms with Crippen molar-refractivity contribution in [1.29, 1.82) is 0 Å². The number of nitrogens with zero attached hydrogens (tertiary/aromatic N) is 2. The van der Waals surface area contributed by atoms with Gasteiger partial charge in [-0.1, -0.05) is 22.4 Å². The van der Waals surface area contributed by atoms with Crippen LogP contribution in [0, 0.1) is 0 Å². The number of aliphatic imine (C=N–C) groups is 1. The van der Waals surface area contributed by atoms with E-state index in [2.05, 4.69) is 26.2 Å². The highest BCUT2D eigenvalue weighted by Crippen LogP contribution is 2.22. The first kappa shape index (κ1) is 15.0. The molecule has 0 atom stereocenters. The van der Waals surface area contributed by atoms with Crippen LogP contribution in [-0.4, -0.2) is 25.0 Å². The Hall–Kier alpha value is -1.36. The van der Waals surface area contributed by atoms with Crippen molar-refractivity contribution in [3.8, 4) is 0 Å². The molecule has 0 spiro atoms. The molecule has 5 heteroatoms. The van der Waals surface area contributed by atoms with Crippen LogP contribution in [0.4, 0.5) is 10.5 Å². The van der Waals surface area contributed by atoms with Crippen LogP contribution in [-0.2, 0) is 0 Å². The third kappa shape index (κ3) is 3.82. The van der Waals surface area contributed by atoms with Crippen LogP contribution in [0.1, 0.15) is 32.6 Å². The highest BCUT2D eigenvalue weighted by molar-refractivity contribution is 9.10. The highest BCUT2D eigenvalue weighted by Gasteiger charge is 2.21. The lowest BCUT2D eigenvalue weighted by Gasteiger charge is -2.24. The van der Waals surface area contributed by atoms with Crippen molar-refractivity contribution >= 4 is 33.5 Å². The Labute approximate surface area is 128 Å². The lowest BCUT2D eigenvalue weighted by molar-refractivity contribution is 0.249. The normalized spacial score (nSPS) is 15.2. The Bertz CT molecular complexity index is 484. The number of urea groups is 1. The van der Waals surface area contributed by atoms with Gasteiger partial charge < -0.3 is 5.32 Å². The number of carbonyl (C=O) groups excluding carboxylic acids is 1. The van der Waals surface area contributed by atoms with Gasteiger partial charge in [0.1, 0.15) is 5.84 Å². The lowest BCUT2D eigenvalue weighted by Crippen LogP contribution is -2.44. The topological polar surface area (TPSA) is 44.7 Å². The summed E-state index contributed by atoms with van der Waals surface area (Å²) in [6.45, 7) is 3.34. The molecule has 0 fully saturated rings. The standard InChI is InChI=1S/C15H20BrN3O/c1-2-17-15(20)19(13-9-7-12(16)8-10-13)14-6-4-3-5-11-18-14/h7-10H,2-6,11H2,1H3,(H,17,20). The third-order valence-corrected chi connectivity index (χ3v) is 3.76. The molecule has 0 aromatic heterocycles. The Balaban J connectivity index is 2.30. The van der Waals surface area contributed by atoms with Crippen LogP contribution in [0.3, 0.4) is 0 Å². The Morgan fingerprint density at radius 2 is 2.05 bits per heavy atom. The summed E-state index contributed by atoms with van der Waals surface area (Å²) in [4.78, 5) is 18.7. The van der Waals surface area contributed by atoms with Crippen LogP contribution >= 0.6 is 15.9 Å². The Kier molecular flexibility index (Phi) is 5.59. The molecular formula is C15H20BrN3O. The summed E-state index contributed by atoms with van der Waals surface area (Å²) < 4.78 is 1.000. The van der Waals surface area contributed by atoms with E-state index < -0.39 is 0 Å². The third-order valence-electron chi connectivity index (χ3n) is 3.23. The summed E-state index contributed by atoms with van der Waals surface area (Å²) in [5.41, 5.74) is 0.861. The van der Waals surface area contributed by atoms with Gasteiger partial charge in [0.25, 0.3) is 0 Å². The first-order chi connectivity index (χ1) is 9.72. The van der Waals surface area contributed by atoms with Gasteiger partial charge in [0.2, 0.25) is 0 Å². The fraction of sp³-hybridized carbons (Fsp3) is 0.467. The van der Waals surface area contributed by atoms with Gasteiger partial charge in [0, 0.05) is 24.0 Å². The minimum atomic E-state index is -0.101. The number of carbonyl (C=O) groups is 1. The predicted molar refractivity (Wildman–Crippen MR) is 86.5 cm³/mol. The van der Waals surface area contributed by atoms with Crippen LogP contribution in [0.2, 0.25) is 0 Å². The minimum absolute atomic E-state index is 0.101. The van der Waals surface area contributed by atoms with Crippen molar-refractivity contribution in [2.75, 3.05) is 18.0 Å². The smallest absolute Gasteiger partial charge is 0.327 e. The van der Waals surface area contributed by atoms with Crippen LogP contribution in [0.15, 0.2) is 33.7 Å². The largest absolute Gasteiger partial charge is 0.338 e. The maximum absolute atomic E-state index is 12.4. The maximum atomic E-state index is 12.4. The number of hydrogen-bond donors (Lipinski definition) is 1. The number of anilines is 1. The van der Waals surface area contributed by atoms with Crippen molar-refractivity contribution in [3.05, 3.63) is 28.7 Å². The molecule has 1 N–H and O–H groups in total. The summed E-state index contributed by atoms with van der Waals surface area (Å²) in [5, 5.41) is 2.87. The van der Waals surface area contributed by atoms with E-state index in [4.69, 9.17) is 0 Å². The molecule has 1 aromatic rings. The monoisotopic (exact) mass is 337 g/mol. The van der Waals surface area contributed by atoms with Gasteiger partial charge in [0.15, 0.2) is 0 Å². The number of amidine groups is 1. The number of nitrogens with one attached hydrogen (secondary N) is 1. The van der Waals surface area contributed by atoms with Gasteiger partial charge in [0.05, 0.1) is 5.69 Å². The van der Waals surface area contributed by atoms with Crippen molar-refractivity contribution in [2.24, 2.45) is 4.99 Å². The van der Waals surface area contributed by atoms with Gasteiger partial charge in [-0.2, -0.15) is 0 Å². The van der Waals surface area contributed by atoms with Crippen molar-refractivity contribution in [2.45, 2.75) is 32.6 Å². The average molecular weight is 338 g/mol. The Morgan fingerprint density at radius 3 is 2.75 bits per heavy atom. The number of rotatable bonds is 2. The molecule has 0 saturated carbocycles. The fourth-order valence-electron chi connectivity index (χ4n) is 2.25. The second-order valence-electron chi connectivity index (χ2n) is 4.76. The number of hydrogen-bond acceptors (Lipinski definition) is 2. The molecule has 1 aliphatic heterocycles. The fourth-order valence-corrected chi connectivity index (χ4v) is 2.51. The zero-order chi connectivity index (χ0) is 14.4. The highest BCUT2D eigenvalue weighted by atomic mass is 79.9. The van der Waals surface area contributed by atoms with Gasteiger partial charge in [-0.15, -0.1) is 0 Å². The summed E-state index contributed by atoms with van der Waals surface area (Å²) in [5.74, 6) is 0.871. The van der Waals surface area contributed by atoms with E-state index in [0.717, 1.165) is 41.8 Å². The average Bonchev–Trinajstić information content (AvgIpc) is 2.71. The zero-order valence-corrected chi connectivity index (χ0v) is 13.3. The molecule has 0 radical (unpaired) electrons. The van der Waals surface area contributed by atoms with E-state index in [1.807, 2.05) is 31.2 Å². The van der Waals surface area contributed by atoms with Crippen LogP contribution in [0.25, 0.3) is 0 Å². The summed E-state index contributed by atoms with van der Waals surface area (Å²) in [7, 11) is 0. The van der Waals surface area contributed by atoms with Crippen molar-refractivity contribution in [3.63, 3.8) is 0 Å². The molecule has 1 heterocycles. The SMILES string of the molecule is CCNC(=O)N(C1=NCCCCC1)c1ccc(Br)cc1. The number of halogens is 1. The zero-order valence-electron chi connectivity index (χ0n) is 11.7. The predicted octanol–water partition coefficient (Wildman–Crippen LogP) is 3.96. The van der Waals surface area contributed by atoms with Crippen LogP contribution < -0.4 is 10.2 Å². The molecule has 1 aromatic carbocycles. The lowest BCUT2D eigenvalue weighted by atomic mass is 10.2. The van der Waals surface area contributed by atoms with E-state index in [9.17, 15) is 4.79 Å². The molecule has 2 amide bonds. The maximum Gasteiger partial charge on any atom is 0.327 e. The van der Waals surface area contributed by atoms with Crippen molar-refractivity contribution < 1.29 is 4.79 Å². The summed E-state index contributed by atoms with van der Waals surface area (Å²) in [6.07, 6.45) is 4.22.